The Bertz CT molecular complexity index is 628. The zero-order valence-electron chi connectivity index (χ0n) is 13.0. The van der Waals surface area contributed by atoms with Crippen LogP contribution in [-0.2, 0) is 0 Å². The Morgan fingerprint density at radius 3 is 2.55 bits per heavy atom. The van der Waals surface area contributed by atoms with Gasteiger partial charge in [-0.05, 0) is 43.7 Å². The summed E-state index contributed by atoms with van der Waals surface area (Å²) in [7, 11) is 0. The predicted molar refractivity (Wildman–Crippen MR) is 92.9 cm³/mol. The average molecular weight is 317 g/mol. The lowest BCUT2D eigenvalue weighted by atomic mass is 10.1. The van der Waals surface area contributed by atoms with Crippen LogP contribution in [0.3, 0.4) is 0 Å². The van der Waals surface area contributed by atoms with Gasteiger partial charge in [0.15, 0.2) is 0 Å². The molecule has 0 spiro atoms. The maximum Gasteiger partial charge on any atom is 0.252 e. The molecule has 0 unspecified atom stereocenters. The van der Waals surface area contributed by atoms with Crippen LogP contribution in [0.25, 0.3) is 0 Å². The average Bonchev–Trinajstić information content (AvgIpc) is 2.52. The van der Waals surface area contributed by atoms with E-state index in [1.165, 1.54) is 0 Å². The standard InChI is InChI=1S/C18H21ClN2O/c1-3-21(15-7-5-4-6-8-15)12-11-20-18(22)16-10-9-14(2)13-17(16)19/h4-10,13H,3,11-12H2,1-2H3,(H,20,22). The molecule has 1 N–H and O–H groups in total. The van der Waals surface area contributed by atoms with Crippen LogP contribution in [0.4, 0.5) is 5.69 Å². The highest BCUT2D eigenvalue weighted by molar-refractivity contribution is 6.33. The zero-order chi connectivity index (χ0) is 15.9. The Hall–Kier alpha value is -2.00. The normalized spacial score (nSPS) is 10.3. The number of benzene rings is 2. The molecule has 2 rings (SSSR count). The summed E-state index contributed by atoms with van der Waals surface area (Å²) >= 11 is 6.12. The van der Waals surface area contributed by atoms with Gasteiger partial charge in [0.05, 0.1) is 10.6 Å². The van der Waals surface area contributed by atoms with E-state index in [4.69, 9.17) is 11.6 Å². The summed E-state index contributed by atoms with van der Waals surface area (Å²) in [6.07, 6.45) is 0. The highest BCUT2D eigenvalue weighted by Gasteiger charge is 2.10. The second-order valence-electron chi connectivity index (χ2n) is 5.15. The molecule has 0 heterocycles. The molecular weight excluding hydrogens is 296 g/mol. The van der Waals surface area contributed by atoms with Crippen molar-refractivity contribution < 1.29 is 4.79 Å². The Balaban J connectivity index is 1.91. The molecule has 0 fully saturated rings. The highest BCUT2D eigenvalue weighted by Crippen LogP contribution is 2.17. The van der Waals surface area contributed by atoms with Crippen LogP contribution in [0.15, 0.2) is 48.5 Å². The first-order chi connectivity index (χ1) is 10.6. The van der Waals surface area contributed by atoms with Crippen LogP contribution in [0.1, 0.15) is 22.8 Å². The van der Waals surface area contributed by atoms with Crippen molar-refractivity contribution in [1.29, 1.82) is 0 Å². The molecule has 0 saturated heterocycles. The Morgan fingerprint density at radius 1 is 1.18 bits per heavy atom. The lowest BCUT2D eigenvalue weighted by Gasteiger charge is -2.23. The van der Waals surface area contributed by atoms with Gasteiger partial charge in [-0.2, -0.15) is 0 Å². The maximum absolute atomic E-state index is 12.2. The van der Waals surface area contributed by atoms with Crippen LogP contribution < -0.4 is 10.2 Å². The van der Waals surface area contributed by atoms with Crippen molar-refractivity contribution in [2.45, 2.75) is 13.8 Å². The third-order valence-corrected chi connectivity index (χ3v) is 3.85. The molecule has 2 aromatic rings. The molecular formula is C18H21ClN2O. The number of nitrogens with one attached hydrogen (secondary N) is 1. The number of carbonyl (C=O) groups excluding carboxylic acids is 1. The van der Waals surface area contributed by atoms with Crippen LogP contribution in [0.5, 0.6) is 0 Å². The summed E-state index contributed by atoms with van der Waals surface area (Å²) in [5.41, 5.74) is 2.73. The Morgan fingerprint density at radius 2 is 1.91 bits per heavy atom. The van der Waals surface area contributed by atoms with Crippen molar-refractivity contribution in [3.8, 4) is 0 Å². The number of anilines is 1. The number of amides is 1. The summed E-state index contributed by atoms with van der Waals surface area (Å²) in [6, 6.07) is 15.6. The molecule has 0 aliphatic heterocycles. The van der Waals surface area contributed by atoms with Crippen molar-refractivity contribution in [3.05, 3.63) is 64.7 Å². The second-order valence-corrected chi connectivity index (χ2v) is 5.56. The number of hydrogen-bond acceptors (Lipinski definition) is 2. The predicted octanol–water partition coefficient (Wildman–Crippen LogP) is 3.90. The van der Waals surface area contributed by atoms with E-state index in [0.717, 1.165) is 24.3 Å². The number of aryl methyl sites for hydroxylation is 1. The number of likely N-dealkylation sites (N-methyl/N-ethyl adjacent to an activating group) is 1. The molecule has 2 aromatic carbocycles. The van der Waals surface area contributed by atoms with Crippen LogP contribution in [0.2, 0.25) is 5.02 Å². The van der Waals surface area contributed by atoms with Gasteiger partial charge in [0.1, 0.15) is 0 Å². The summed E-state index contributed by atoms with van der Waals surface area (Å²) in [5.74, 6) is -0.130. The number of rotatable bonds is 6. The summed E-state index contributed by atoms with van der Waals surface area (Å²) in [4.78, 5) is 14.4. The third kappa shape index (κ3) is 4.25. The van der Waals surface area contributed by atoms with E-state index in [1.54, 1.807) is 12.1 Å². The fraction of sp³-hybridized carbons (Fsp3) is 0.278. The van der Waals surface area contributed by atoms with Crippen LogP contribution in [0, 0.1) is 6.92 Å². The van der Waals surface area contributed by atoms with E-state index >= 15 is 0 Å². The number of hydrogen-bond donors (Lipinski definition) is 1. The molecule has 0 aliphatic rings. The van der Waals surface area contributed by atoms with E-state index in [-0.39, 0.29) is 5.91 Å². The first kappa shape index (κ1) is 16.4. The first-order valence-electron chi connectivity index (χ1n) is 7.46. The summed E-state index contributed by atoms with van der Waals surface area (Å²) < 4.78 is 0. The highest BCUT2D eigenvalue weighted by atomic mass is 35.5. The van der Waals surface area contributed by atoms with Crippen molar-refractivity contribution >= 4 is 23.2 Å². The number of nitrogens with zero attached hydrogens (tertiary/aromatic N) is 1. The molecule has 0 radical (unpaired) electrons. The van der Waals surface area contributed by atoms with E-state index in [2.05, 4.69) is 29.3 Å². The van der Waals surface area contributed by atoms with Gasteiger partial charge < -0.3 is 10.2 Å². The third-order valence-electron chi connectivity index (χ3n) is 3.54. The van der Waals surface area contributed by atoms with Gasteiger partial charge >= 0.3 is 0 Å². The van der Waals surface area contributed by atoms with Crippen molar-refractivity contribution in [2.24, 2.45) is 0 Å². The van der Waals surface area contributed by atoms with Gasteiger partial charge in [0, 0.05) is 25.3 Å². The monoisotopic (exact) mass is 316 g/mol. The fourth-order valence-corrected chi connectivity index (χ4v) is 2.63. The summed E-state index contributed by atoms with van der Waals surface area (Å²) in [5, 5.41) is 3.42. The molecule has 116 valence electrons. The van der Waals surface area contributed by atoms with Gasteiger partial charge in [-0.3, -0.25) is 4.79 Å². The van der Waals surface area contributed by atoms with E-state index in [9.17, 15) is 4.79 Å². The van der Waals surface area contributed by atoms with Gasteiger partial charge in [-0.1, -0.05) is 35.9 Å². The molecule has 4 heteroatoms. The minimum absolute atomic E-state index is 0.130. The molecule has 1 amide bonds. The Kier molecular flexibility index (Phi) is 5.84. The van der Waals surface area contributed by atoms with Crippen LogP contribution >= 0.6 is 11.6 Å². The van der Waals surface area contributed by atoms with Crippen molar-refractivity contribution in [3.63, 3.8) is 0 Å². The SMILES string of the molecule is CCN(CCNC(=O)c1ccc(C)cc1Cl)c1ccccc1. The van der Waals surface area contributed by atoms with Crippen LogP contribution in [-0.4, -0.2) is 25.5 Å². The molecule has 22 heavy (non-hydrogen) atoms. The number of halogens is 1. The lowest BCUT2D eigenvalue weighted by Crippen LogP contribution is -2.35. The molecule has 0 bridgehead atoms. The second kappa shape index (κ2) is 7.85. The Labute approximate surface area is 136 Å². The van der Waals surface area contributed by atoms with E-state index < -0.39 is 0 Å². The van der Waals surface area contributed by atoms with Crippen molar-refractivity contribution in [1.82, 2.24) is 5.32 Å². The molecule has 0 aromatic heterocycles. The van der Waals surface area contributed by atoms with Crippen molar-refractivity contribution in [2.75, 3.05) is 24.5 Å². The lowest BCUT2D eigenvalue weighted by molar-refractivity contribution is 0.0955. The largest absolute Gasteiger partial charge is 0.370 e. The fourth-order valence-electron chi connectivity index (χ4n) is 2.31. The van der Waals surface area contributed by atoms with Gasteiger partial charge in [0.25, 0.3) is 5.91 Å². The molecule has 0 saturated carbocycles. The quantitative estimate of drug-likeness (QED) is 0.876. The van der Waals surface area contributed by atoms with Gasteiger partial charge in [0.2, 0.25) is 0 Å². The maximum atomic E-state index is 12.2. The minimum Gasteiger partial charge on any atom is -0.370 e. The van der Waals surface area contributed by atoms with Gasteiger partial charge in [-0.25, -0.2) is 0 Å². The van der Waals surface area contributed by atoms with Gasteiger partial charge in [-0.15, -0.1) is 0 Å². The van der Waals surface area contributed by atoms with E-state index in [0.29, 0.717) is 17.1 Å². The van der Waals surface area contributed by atoms with E-state index in [1.807, 2.05) is 31.2 Å². The molecule has 0 atom stereocenters. The molecule has 3 nitrogen and oxygen atoms in total. The first-order valence-corrected chi connectivity index (χ1v) is 7.84. The summed E-state index contributed by atoms with van der Waals surface area (Å²) in [6.45, 7) is 6.28. The smallest absolute Gasteiger partial charge is 0.252 e. The molecule has 0 aliphatic carbocycles. The zero-order valence-corrected chi connectivity index (χ0v) is 13.7. The topological polar surface area (TPSA) is 32.3 Å². The minimum atomic E-state index is -0.130. The number of para-hydroxylation sites is 1. The number of carbonyl (C=O) groups is 1.